The van der Waals surface area contributed by atoms with Gasteiger partial charge in [0.25, 0.3) is 0 Å². The fourth-order valence-electron chi connectivity index (χ4n) is 5.26. The van der Waals surface area contributed by atoms with Gasteiger partial charge in [-0.2, -0.15) is 15.1 Å². The molecular weight excluding hydrogens is 640 g/mol. The van der Waals surface area contributed by atoms with Crippen LogP contribution in [0, 0.1) is 20.8 Å². The number of aromatic nitrogens is 4. The smallest absolute Gasteiger partial charge is 0.220 e. The molecule has 0 unspecified atom stereocenters. The van der Waals surface area contributed by atoms with Crippen molar-refractivity contribution in [3.05, 3.63) is 81.7 Å². The first-order valence-corrected chi connectivity index (χ1v) is 16.5. The second-order valence-electron chi connectivity index (χ2n) is 11.7. The summed E-state index contributed by atoms with van der Waals surface area (Å²) in [7, 11) is 3.16. The molecule has 2 amide bonds. The van der Waals surface area contributed by atoms with Crippen molar-refractivity contribution >= 4 is 11.8 Å². The number of methoxy groups -OCH3 is 2. The van der Waals surface area contributed by atoms with E-state index >= 15 is 0 Å². The molecule has 268 valence electrons. The maximum absolute atomic E-state index is 11.1. The number of hydrogen-bond acceptors (Lipinski definition) is 11. The number of ether oxygens (including phenoxy) is 4. The Morgan fingerprint density at radius 2 is 1.24 bits per heavy atom. The zero-order valence-corrected chi connectivity index (χ0v) is 29.9. The minimum Gasteiger partial charge on any atom is -0.481 e. The Morgan fingerprint density at radius 3 is 1.76 bits per heavy atom. The lowest BCUT2D eigenvalue weighted by Crippen LogP contribution is -2.30. The van der Waals surface area contributed by atoms with Crippen molar-refractivity contribution in [2.24, 2.45) is 0 Å². The molecule has 0 spiro atoms. The molecule has 4 rings (SSSR count). The van der Waals surface area contributed by atoms with Crippen molar-refractivity contribution in [2.45, 2.75) is 60.9 Å². The third-order valence-electron chi connectivity index (χ3n) is 8.02. The summed E-state index contributed by atoms with van der Waals surface area (Å²) in [5, 5.41) is 16.9. The molecule has 0 aliphatic rings. The van der Waals surface area contributed by atoms with Crippen molar-refractivity contribution < 1.29 is 28.5 Å². The van der Waals surface area contributed by atoms with Crippen LogP contribution in [0.1, 0.15) is 53.1 Å². The second-order valence-corrected chi connectivity index (χ2v) is 11.7. The number of benzene rings is 1. The van der Waals surface area contributed by atoms with Gasteiger partial charge in [0.2, 0.25) is 35.3 Å². The van der Waals surface area contributed by atoms with Crippen molar-refractivity contribution in [1.82, 2.24) is 41.0 Å². The van der Waals surface area contributed by atoms with Crippen LogP contribution >= 0.6 is 0 Å². The minimum absolute atomic E-state index is 0.0570. The predicted molar refractivity (Wildman–Crippen MR) is 189 cm³/mol. The molecule has 50 heavy (non-hydrogen) atoms. The van der Waals surface area contributed by atoms with Crippen molar-refractivity contribution in [2.75, 3.05) is 40.4 Å². The van der Waals surface area contributed by atoms with Crippen LogP contribution < -0.4 is 40.2 Å². The van der Waals surface area contributed by atoms with Crippen LogP contribution in [-0.2, 0) is 35.9 Å². The Labute approximate surface area is 293 Å². The molecule has 0 atom stereocenters. The molecule has 0 radical (unpaired) electrons. The number of nitrogens with one attached hydrogen (secondary N) is 4. The molecule has 0 fully saturated rings. The average Bonchev–Trinajstić information content (AvgIpc) is 3.38. The van der Waals surface area contributed by atoms with Gasteiger partial charge in [0.05, 0.1) is 25.6 Å². The number of hydrogen-bond donors (Lipinski definition) is 4. The Morgan fingerprint density at radius 1 is 0.700 bits per heavy atom. The van der Waals surface area contributed by atoms with Gasteiger partial charge in [-0.3, -0.25) is 9.59 Å². The lowest BCUT2D eigenvalue weighted by Gasteiger charge is -2.15. The maximum Gasteiger partial charge on any atom is 0.220 e. The third-order valence-corrected chi connectivity index (χ3v) is 8.02. The Kier molecular flexibility index (Phi) is 13.9. The van der Waals surface area contributed by atoms with Gasteiger partial charge < -0.3 is 40.2 Å². The number of amides is 2. The molecule has 4 N–H and O–H groups in total. The summed E-state index contributed by atoms with van der Waals surface area (Å²) in [6.07, 6.45) is 0. The molecule has 1 aromatic carbocycles. The molecule has 4 aromatic rings. The molecule has 0 aliphatic carbocycles. The van der Waals surface area contributed by atoms with Crippen LogP contribution in [0.4, 0.5) is 0 Å². The van der Waals surface area contributed by atoms with Gasteiger partial charge >= 0.3 is 0 Å². The van der Waals surface area contributed by atoms with Crippen LogP contribution in [0.15, 0.2) is 42.5 Å². The van der Waals surface area contributed by atoms with Crippen LogP contribution in [-0.4, -0.2) is 72.0 Å². The molecule has 14 nitrogen and oxygen atoms in total. The molecule has 0 bridgehead atoms. The highest BCUT2D eigenvalue weighted by molar-refractivity contribution is 5.73. The number of rotatable bonds is 19. The van der Waals surface area contributed by atoms with Gasteiger partial charge in [-0.1, -0.05) is 12.1 Å². The van der Waals surface area contributed by atoms with E-state index < -0.39 is 0 Å². The summed E-state index contributed by atoms with van der Waals surface area (Å²) in [5.74, 6) is 1.74. The van der Waals surface area contributed by atoms with E-state index in [-0.39, 0.29) is 18.4 Å². The van der Waals surface area contributed by atoms with Gasteiger partial charge in [0, 0.05) is 87.6 Å². The largest absolute Gasteiger partial charge is 0.481 e. The van der Waals surface area contributed by atoms with Crippen molar-refractivity contribution in [3.8, 4) is 29.2 Å². The van der Waals surface area contributed by atoms with E-state index in [2.05, 4.69) is 38.2 Å². The summed E-state index contributed by atoms with van der Waals surface area (Å²) in [5.41, 5.74) is 7.54. The molecule has 14 heteroatoms. The SMILES string of the molecule is COc1nc(OCc2cccc(-n3nc(C)c(COc4ccc(CNCCNC(C)=O)c(OC)n4)c3C)c2C)ccc1CNCCNC(C)=O. The van der Waals surface area contributed by atoms with Crippen LogP contribution in [0.2, 0.25) is 0 Å². The lowest BCUT2D eigenvalue weighted by molar-refractivity contribution is -0.119. The molecule has 0 aliphatic heterocycles. The first-order chi connectivity index (χ1) is 24.1. The first kappa shape index (κ1) is 37.6. The summed E-state index contributed by atoms with van der Waals surface area (Å²) >= 11 is 0. The van der Waals surface area contributed by atoms with E-state index in [1.807, 2.05) is 61.0 Å². The zero-order valence-electron chi connectivity index (χ0n) is 29.9. The van der Waals surface area contributed by atoms with E-state index in [1.165, 1.54) is 13.8 Å². The monoisotopic (exact) mass is 688 g/mol. The fourth-order valence-corrected chi connectivity index (χ4v) is 5.26. The Balaban J connectivity index is 1.38. The van der Waals surface area contributed by atoms with Gasteiger partial charge in [-0.25, -0.2) is 4.68 Å². The van der Waals surface area contributed by atoms with Crippen LogP contribution in [0.3, 0.4) is 0 Å². The molecule has 0 saturated heterocycles. The Bertz CT molecular complexity index is 1760. The quantitative estimate of drug-likeness (QED) is 0.107. The maximum atomic E-state index is 11.1. The number of aryl methyl sites for hydroxylation is 1. The third kappa shape index (κ3) is 10.4. The number of carbonyl (C=O) groups is 2. The first-order valence-electron chi connectivity index (χ1n) is 16.5. The van der Waals surface area contributed by atoms with E-state index in [0.717, 1.165) is 44.9 Å². The molecule has 3 heterocycles. The lowest BCUT2D eigenvalue weighted by atomic mass is 10.1. The van der Waals surface area contributed by atoms with Gasteiger partial charge in [0.15, 0.2) is 0 Å². The summed E-state index contributed by atoms with van der Waals surface area (Å²) in [4.78, 5) is 31.2. The Hall–Kier alpha value is -5.21. The standard InChI is InChI=1S/C36H48N8O6/c1-23-30(21-49-33-13-11-28(35(41-33)47-6)19-37-15-17-39-26(4)45)9-8-10-32(23)44-25(3)31(24(2)43-44)22-50-34-14-12-29(36(42-34)48-7)20-38-16-18-40-27(5)46/h8-14,37-38H,15-22H2,1-7H3,(H,39,45)(H,40,46). The number of carbonyl (C=O) groups excluding carboxylic acids is 2. The van der Waals surface area contributed by atoms with E-state index in [1.54, 1.807) is 14.2 Å². The average molecular weight is 689 g/mol. The van der Waals surface area contributed by atoms with Gasteiger partial charge in [-0.05, 0) is 50.1 Å². The van der Waals surface area contributed by atoms with E-state index in [4.69, 9.17) is 24.0 Å². The summed E-state index contributed by atoms with van der Waals surface area (Å²) in [6, 6.07) is 13.5. The van der Waals surface area contributed by atoms with E-state index in [0.29, 0.717) is 69.4 Å². The second kappa shape index (κ2) is 18.5. The van der Waals surface area contributed by atoms with E-state index in [9.17, 15) is 9.59 Å². The normalized spacial score (nSPS) is 10.9. The topological polar surface area (TPSA) is 163 Å². The summed E-state index contributed by atoms with van der Waals surface area (Å²) < 4.78 is 25.2. The van der Waals surface area contributed by atoms with Crippen LogP contribution in [0.5, 0.6) is 23.5 Å². The summed E-state index contributed by atoms with van der Waals surface area (Å²) in [6.45, 7) is 13.1. The van der Waals surface area contributed by atoms with Crippen molar-refractivity contribution in [3.63, 3.8) is 0 Å². The highest BCUT2D eigenvalue weighted by Gasteiger charge is 2.17. The predicted octanol–water partition coefficient (Wildman–Crippen LogP) is 3.21. The highest BCUT2D eigenvalue weighted by atomic mass is 16.5. The molecule has 3 aromatic heterocycles. The highest BCUT2D eigenvalue weighted by Crippen LogP contribution is 2.26. The number of nitrogens with zero attached hydrogens (tertiary/aromatic N) is 4. The van der Waals surface area contributed by atoms with Crippen molar-refractivity contribution in [1.29, 1.82) is 0 Å². The zero-order chi connectivity index (χ0) is 36.0. The van der Waals surface area contributed by atoms with Crippen LogP contribution in [0.25, 0.3) is 5.69 Å². The van der Waals surface area contributed by atoms with Gasteiger partial charge in [0.1, 0.15) is 13.2 Å². The molecular formula is C36H48N8O6. The minimum atomic E-state index is -0.0577. The fraction of sp³-hybridized carbons (Fsp3) is 0.417. The van der Waals surface area contributed by atoms with Gasteiger partial charge in [-0.15, -0.1) is 0 Å². The number of pyridine rings is 2. The molecule has 0 saturated carbocycles.